The predicted octanol–water partition coefficient (Wildman–Crippen LogP) is 3.66. The van der Waals surface area contributed by atoms with Gasteiger partial charge in [0.1, 0.15) is 23.9 Å². The van der Waals surface area contributed by atoms with Crippen LogP contribution in [-0.4, -0.2) is 20.5 Å². The van der Waals surface area contributed by atoms with Crippen LogP contribution in [0.15, 0.2) is 57.7 Å². The zero-order valence-electron chi connectivity index (χ0n) is 16.4. The molecule has 0 N–H and O–H groups in total. The van der Waals surface area contributed by atoms with Crippen molar-refractivity contribution in [3.05, 3.63) is 81.7 Å². The van der Waals surface area contributed by atoms with Gasteiger partial charge in [-0.15, -0.1) is 0 Å². The third-order valence-corrected chi connectivity index (χ3v) is 5.31. The van der Waals surface area contributed by atoms with Crippen molar-refractivity contribution < 1.29 is 13.9 Å². The molecule has 0 amide bonds. The molecule has 2 aromatic carbocycles. The topological polar surface area (TPSA) is 87.2 Å². The van der Waals surface area contributed by atoms with E-state index in [1.807, 2.05) is 30.3 Å². The highest BCUT2D eigenvalue weighted by molar-refractivity contribution is 5.94. The van der Waals surface area contributed by atoms with Gasteiger partial charge >= 0.3 is 5.97 Å². The van der Waals surface area contributed by atoms with Crippen LogP contribution in [0.3, 0.4) is 0 Å². The molecule has 4 aromatic rings. The van der Waals surface area contributed by atoms with Crippen molar-refractivity contribution in [3.63, 3.8) is 0 Å². The Kier molecular flexibility index (Phi) is 4.43. The van der Waals surface area contributed by atoms with Gasteiger partial charge in [0.25, 0.3) is 5.56 Å². The van der Waals surface area contributed by atoms with Crippen LogP contribution >= 0.6 is 0 Å². The molecule has 0 fully saturated rings. The van der Waals surface area contributed by atoms with Crippen molar-refractivity contribution in [2.45, 2.75) is 32.9 Å². The lowest BCUT2D eigenvalue weighted by atomic mass is 10.1. The van der Waals surface area contributed by atoms with Crippen molar-refractivity contribution in [2.24, 2.45) is 0 Å². The van der Waals surface area contributed by atoms with Gasteiger partial charge in [0, 0.05) is 18.5 Å². The van der Waals surface area contributed by atoms with E-state index in [1.165, 1.54) is 0 Å². The number of carbonyl (C=O) groups excluding carboxylic acids is 1. The Hall–Kier alpha value is -3.74. The van der Waals surface area contributed by atoms with Crippen molar-refractivity contribution in [2.75, 3.05) is 0 Å². The minimum atomic E-state index is -0.497. The molecule has 150 valence electrons. The molecule has 5 rings (SSSR count). The van der Waals surface area contributed by atoms with Gasteiger partial charge in [-0.05, 0) is 43.7 Å². The maximum atomic E-state index is 12.6. The van der Waals surface area contributed by atoms with Crippen molar-refractivity contribution in [1.29, 1.82) is 0 Å². The first-order valence-corrected chi connectivity index (χ1v) is 9.82. The second kappa shape index (κ2) is 7.26. The average molecular weight is 401 g/mol. The first-order chi connectivity index (χ1) is 14.6. The maximum Gasteiger partial charge on any atom is 0.338 e. The van der Waals surface area contributed by atoms with Gasteiger partial charge in [-0.3, -0.25) is 9.36 Å². The van der Waals surface area contributed by atoms with Crippen LogP contribution in [0.2, 0.25) is 0 Å². The first kappa shape index (κ1) is 18.3. The van der Waals surface area contributed by atoms with Crippen molar-refractivity contribution in [3.8, 4) is 11.5 Å². The lowest BCUT2D eigenvalue weighted by molar-refractivity contribution is 0.0467. The molecule has 0 radical (unpaired) electrons. The number of hydrogen-bond donors (Lipinski definition) is 0. The SMILES string of the molecule is Cc1oc(-c2ccccc2)nc1COC(=O)c1ccc2c(=O)n3c(nc2c1)CCC3. The summed E-state index contributed by atoms with van der Waals surface area (Å²) in [6.45, 7) is 2.48. The third kappa shape index (κ3) is 3.18. The van der Waals surface area contributed by atoms with Gasteiger partial charge in [-0.1, -0.05) is 18.2 Å². The molecule has 0 atom stereocenters. The molecular weight excluding hydrogens is 382 g/mol. The smallest absolute Gasteiger partial charge is 0.338 e. The summed E-state index contributed by atoms with van der Waals surface area (Å²) >= 11 is 0. The van der Waals surface area contributed by atoms with Crippen LogP contribution in [0.25, 0.3) is 22.4 Å². The molecule has 0 aliphatic carbocycles. The van der Waals surface area contributed by atoms with E-state index in [0.29, 0.717) is 40.4 Å². The Bertz CT molecular complexity index is 1320. The zero-order valence-corrected chi connectivity index (χ0v) is 16.4. The first-order valence-electron chi connectivity index (χ1n) is 9.82. The van der Waals surface area contributed by atoms with Gasteiger partial charge in [-0.25, -0.2) is 14.8 Å². The quantitative estimate of drug-likeness (QED) is 0.485. The van der Waals surface area contributed by atoms with E-state index in [2.05, 4.69) is 9.97 Å². The number of nitrogens with zero attached hydrogens (tertiary/aromatic N) is 3. The summed E-state index contributed by atoms with van der Waals surface area (Å²) in [5, 5.41) is 0.511. The summed E-state index contributed by atoms with van der Waals surface area (Å²) in [6.07, 6.45) is 1.69. The molecule has 7 nitrogen and oxygen atoms in total. The Morgan fingerprint density at radius 1 is 1.17 bits per heavy atom. The van der Waals surface area contributed by atoms with Crippen LogP contribution in [0.1, 0.15) is 34.1 Å². The van der Waals surface area contributed by atoms with Crippen molar-refractivity contribution in [1.82, 2.24) is 14.5 Å². The van der Waals surface area contributed by atoms with E-state index in [0.717, 1.165) is 24.2 Å². The second-order valence-electron chi connectivity index (χ2n) is 7.28. The molecule has 0 saturated heterocycles. The van der Waals surface area contributed by atoms with E-state index >= 15 is 0 Å². The van der Waals surface area contributed by atoms with Gasteiger partial charge in [0.05, 0.1) is 16.5 Å². The molecule has 0 saturated carbocycles. The summed E-state index contributed by atoms with van der Waals surface area (Å²) in [5.74, 6) is 1.36. The van der Waals surface area contributed by atoms with Crippen LogP contribution in [0.4, 0.5) is 0 Å². The van der Waals surface area contributed by atoms with Gasteiger partial charge in [0.15, 0.2) is 0 Å². The monoisotopic (exact) mass is 401 g/mol. The highest BCUT2D eigenvalue weighted by atomic mass is 16.5. The second-order valence-corrected chi connectivity index (χ2v) is 7.28. The molecule has 0 bridgehead atoms. The Morgan fingerprint density at radius 3 is 2.83 bits per heavy atom. The zero-order chi connectivity index (χ0) is 20.7. The van der Waals surface area contributed by atoms with Gasteiger partial charge in [0.2, 0.25) is 5.89 Å². The highest BCUT2D eigenvalue weighted by Crippen LogP contribution is 2.22. The predicted molar refractivity (Wildman–Crippen MR) is 110 cm³/mol. The molecule has 7 heteroatoms. The van der Waals surface area contributed by atoms with E-state index in [9.17, 15) is 9.59 Å². The summed E-state index contributed by atoms with van der Waals surface area (Å²) in [5.41, 5.74) is 2.24. The lowest BCUT2D eigenvalue weighted by Gasteiger charge is -2.07. The van der Waals surface area contributed by atoms with E-state index in [1.54, 1.807) is 29.7 Å². The van der Waals surface area contributed by atoms with Crippen LogP contribution in [0.5, 0.6) is 0 Å². The Balaban J connectivity index is 1.36. The standard InChI is InChI=1S/C23H19N3O4/c1-14-19(25-21(30-14)15-6-3-2-4-7-15)13-29-23(28)16-9-10-17-18(12-16)24-20-8-5-11-26(20)22(17)27/h2-4,6-7,9-10,12H,5,8,11,13H2,1H3. The van der Waals surface area contributed by atoms with Crippen LogP contribution in [0, 0.1) is 6.92 Å². The average Bonchev–Trinajstić information content (AvgIpc) is 3.39. The summed E-state index contributed by atoms with van der Waals surface area (Å²) in [6, 6.07) is 14.4. The minimum absolute atomic E-state index is 0.000683. The van der Waals surface area contributed by atoms with E-state index in [-0.39, 0.29) is 12.2 Å². The van der Waals surface area contributed by atoms with Crippen LogP contribution < -0.4 is 5.56 Å². The minimum Gasteiger partial charge on any atom is -0.455 e. The number of ether oxygens (including phenoxy) is 1. The number of benzene rings is 2. The molecule has 1 aliphatic rings. The number of aromatic nitrogens is 3. The molecule has 30 heavy (non-hydrogen) atoms. The number of hydrogen-bond acceptors (Lipinski definition) is 6. The Morgan fingerprint density at radius 2 is 2.00 bits per heavy atom. The summed E-state index contributed by atoms with van der Waals surface area (Å²) in [4.78, 5) is 34.1. The largest absolute Gasteiger partial charge is 0.455 e. The Labute approximate surface area is 172 Å². The van der Waals surface area contributed by atoms with Crippen molar-refractivity contribution >= 4 is 16.9 Å². The molecule has 0 spiro atoms. The summed E-state index contributed by atoms with van der Waals surface area (Å²) < 4.78 is 12.9. The molecule has 0 unspecified atom stereocenters. The van der Waals surface area contributed by atoms with Gasteiger partial charge < -0.3 is 9.15 Å². The van der Waals surface area contributed by atoms with Crippen LogP contribution in [-0.2, 0) is 24.3 Å². The molecule has 2 aromatic heterocycles. The fraction of sp³-hybridized carbons (Fsp3) is 0.217. The highest BCUT2D eigenvalue weighted by Gasteiger charge is 2.18. The van der Waals surface area contributed by atoms with Gasteiger partial charge in [-0.2, -0.15) is 0 Å². The number of carbonyl (C=O) groups is 1. The van der Waals surface area contributed by atoms with E-state index < -0.39 is 5.97 Å². The number of fused-ring (bicyclic) bond motifs is 2. The summed E-state index contributed by atoms with van der Waals surface area (Å²) in [7, 11) is 0. The van der Waals surface area contributed by atoms with E-state index in [4.69, 9.17) is 9.15 Å². The lowest BCUT2D eigenvalue weighted by Crippen LogP contribution is -2.21. The maximum absolute atomic E-state index is 12.6. The fourth-order valence-electron chi connectivity index (χ4n) is 3.69. The number of esters is 1. The molecular formula is C23H19N3O4. The number of rotatable bonds is 4. The molecule has 3 heterocycles. The molecule has 1 aliphatic heterocycles. The number of oxazole rings is 1. The third-order valence-electron chi connectivity index (χ3n) is 5.31. The normalized spacial score (nSPS) is 12.8. The number of aryl methyl sites for hydroxylation is 2. The fourth-order valence-corrected chi connectivity index (χ4v) is 3.69.